The number of benzene rings is 2. The lowest BCUT2D eigenvalue weighted by Gasteiger charge is -1.96. The van der Waals surface area contributed by atoms with E-state index < -0.39 is 0 Å². The lowest BCUT2D eigenvalue weighted by atomic mass is 10.2. The van der Waals surface area contributed by atoms with E-state index in [0.29, 0.717) is 0 Å². The first kappa shape index (κ1) is 11.5. The minimum atomic E-state index is 1.11. The number of halogens is 1. The van der Waals surface area contributed by atoms with Crippen LogP contribution in [0.4, 0.5) is 0 Å². The molecule has 2 heteroatoms. The molecule has 0 spiro atoms. The molecule has 0 bridgehead atoms. The molecule has 0 aliphatic heterocycles. The number of hydrogen-bond acceptors (Lipinski definition) is 1. The highest BCUT2D eigenvalue weighted by atomic mass is 79.9. The number of thioether (sulfide) groups is 1. The van der Waals surface area contributed by atoms with Crippen molar-refractivity contribution < 1.29 is 0 Å². The van der Waals surface area contributed by atoms with Gasteiger partial charge in [0, 0.05) is 9.37 Å². The third-order valence-corrected chi connectivity index (χ3v) is 3.42. The molecule has 0 heterocycles. The zero-order valence-electron chi connectivity index (χ0n) is 8.64. The van der Waals surface area contributed by atoms with Gasteiger partial charge in [0.25, 0.3) is 0 Å². The lowest BCUT2D eigenvalue weighted by molar-refractivity contribution is 1.45. The highest BCUT2D eigenvalue weighted by Gasteiger charge is 1.90. The molecule has 2 aromatic carbocycles. The minimum Gasteiger partial charge on any atom is -0.0981 e. The maximum Gasteiger partial charge on any atom is 0.0176 e. The van der Waals surface area contributed by atoms with Gasteiger partial charge in [0.1, 0.15) is 0 Å². The van der Waals surface area contributed by atoms with Crippen molar-refractivity contribution in [1.29, 1.82) is 0 Å². The van der Waals surface area contributed by atoms with E-state index in [4.69, 9.17) is 0 Å². The Kier molecular flexibility index (Phi) is 4.25. The molecular weight excluding hydrogens is 280 g/mol. The molecule has 0 nitrogen and oxygen atoms in total. The van der Waals surface area contributed by atoms with Crippen LogP contribution in [0.2, 0.25) is 0 Å². The Morgan fingerprint density at radius 3 is 2.25 bits per heavy atom. The Hall–Kier alpha value is -0.990. The molecule has 0 fully saturated rings. The van der Waals surface area contributed by atoms with Gasteiger partial charge in [-0.05, 0) is 41.3 Å². The van der Waals surface area contributed by atoms with Crippen LogP contribution in [0.15, 0.2) is 69.4 Å². The lowest BCUT2D eigenvalue weighted by Crippen LogP contribution is -1.69. The first-order chi connectivity index (χ1) is 7.84. The molecule has 0 aliphatic rings. The summed E-state index contributed by atoms with van der Waals surface area (Å²) in [5.74, 6) is 0. The van der Waals surface area contributed by atoms with Gasteiger partial charge in [-0.15, -0.1) is 0 Å². The Bertz CT molecular complexity index is 460. The molecule has 80 valence electrons. The van der Waals surface area contributed by atoms with Crippen LogP contribution in [0.25, 0.3) is 6.08 Å². The van der Waals surface area contributed by atoms with E-state index in [1.165, 1.54) is 10.5 Å². The van der Waals surface area contributed by atoms with Crippen molar-refractivity contribution in [2.24, 2.45) is 0 Å². The van der Waals surface area contributed by atoms with Gasteiger partial charge in [-0.2, -0.15) is 0 Å². The summed E-state index contributed by atoms with van der Waals surface area (Å²) in [4.78, 5) is 1.25. The predicted octanol–water partition coefficient (Wildman–Crippen LogP) is 5.21. The summed E-state index contributed by atoms with van der Waals surface area (Å²) in [6, 6.07) is 18.6. The maximum atomic E-state index is 3.42. The van der Waals surface area contributed by atoms with Crippen LogP contribution in [0.1, 0.15) is 5.56 Å². The number of rotatable bonds is 3. The van der Waals surface area contributed by atoms with Crippen molar-refractivity contribution in [3.8, 4) is 0 Å². The largest absolute Gasteiger partial charge is 0.0981 e. The van der Waals surface area contributed by atoms with Crippen LogP contribution < -0.4 is 0 Å². The van der Waals surface area contributed by atoms with Crippen LogP contribution >= 0.6 is 27.7 Å². The third kappa shape index (κ3) is 3.54. The summed E-state index contributed by atoms with van der Waals surface area (Å²) in [5.41, 5.74) is 1.23. The summed E-state index contributed by atoms with van der Waals surface area (Å²) in [6.07, 6.45) is 2.12. The first-order valence-electron chi connectivity index (χ1n) is 4.98. The molecule has 2 rings (SSSR count). The van der Waals surface area contributed by atoms with Crippen LogP contribution in [-0.4, -0.2) is 0 Å². The third-order valence-electron chi connectivity index (χ3n) is 2.08. The molecule has 16 heavy (non-hydrogen) atoms. The molecule has 0 N–H and O–H groups in total. The average molecular weight is 291 g/mol. The minimum absolute atomic E-state index is 1.11. The Morgan fingerprint density at radius 2 is 1.56 bits per heavy atom. The summed E-state index contributed by atoms with van der Waals surface area (Å²) in [6.45, 7) is 0. The van der Waals surface area contributed by atoms with Crippen molar-refractivity contribution >= 4 is 33.8 Å². The fourth-order valence-electron chi connectivity index (χ4n) is 1.27. The van der Waals surface area contributed by atoms with E-state index in [2.05, 4.69) is 63.8 Å². The van der Waals surface area contributed by atoms with E-state index in [-0.39, 0.29) is 0 Å². The Balaban J connectivity index is 1.97. The molecular formula is C14H11BrS. The quantitative estimate of drug-likeness (QED) is 0.699. The predicted molar refractivity (Wildman–Crippen MR) is 75.5 cm³/mol. The fourth-order valence-corrected chi connectivity index (χ4v) is 2.21. The topological polar surface area (TPSA) is 0 Å². The van der Waals surface area contributed by atoms with Gasteiger partial charge in [0.2, 0.25) is 0 Å². The van der Waals surface area contributed by atoms with E-state index in [1.54, 1.807) is 11.8 Å². The van der Waals surface area contributed by atoms with E-state index in [1.807, 2.05) is 18.2 Å². The molecule has 2 aromatic rings. The molecule has 0 aliphatic carbocycles. The van der Waals surface area contributed by atoms with Crippen molar-refractivity contribution in [1.82, 2.24) is 0 Å². The van der Waals surface area contributed by atoms with E-state index in [9.17, 15) is 0 Å². The van der Waals surface area contributed by atoms with Crippen LogP contribution in [0, 0.1) is 0 Å². The second kappa shape index (κ2) is 5.92. The highest BCUT2D eigenvalue weighted by molar-refractivity contribution is 9.10. The second-order valence-electron chi connectivity index (χ2n) is 3.29. The molecule has 0 radical (unpaired) electrons. The zero-order valence-corrected chi connectivity index (χ0v) is 11.0. The molecule has 0 atom stereocenters. The Morgan fingerprint density at radius 1 is 0.875 bits per heavy atom. The van der Waals surface area contributed by atoms with Crippen LogP contribution in [-0.2, 0) is 0 Å². The van der Waals surface area contributed by atoms with E-state index in [0.717, 1.165) is 4.47 Å². The summed E-state index contributed by atoms with van der Waals surface area (Å²) >= 11 is 5.15. The van der Waals surface area contributed by atoms with Gasteiger partial charge in [-0.1, -0.05) is 58.0 Å². The van der Waals surface area contributed by atoms with E-state index >= 15 is 0 Å². The smallest absolute Gasteiger partial charge is 0.0176 e. The highest BCUT2D eigenvalue weighted by Crippen LogP contribution is 2.22. The van der Waals surface area contributed by atoms with Gasteiger partial charge in [0.05, 0.1) is 0 Å². The van der Waals surface area contributed by atoms with Gasteiger partial charge >= 0.3 is 0 Å². The molecule has 0 saturated carbocycles. The zero-order chi connectivity index (χ0) is 11.2. The first-order valence-corrected chi connectivity index (χ1v) is 6.66. The van der Waals surface area contributed by atoms with Crippen molar-refractivity contribution in [3.05, 3.63) is 70.0 Å². The maximum absolute atomic E-state index is 3.42. The van der Waals surface area contributed by atoms with Gasteiger partial charge in [0.15, 0.2) is 0 Å². The monoisotopic (exact) mass is 290 g/mol. The van der Waals surface area contributed by atoms with Gasteiger partial charge < -0.3 is 0 Å². The van der Waals surface area contributed by atoms with Gasteiger partial charge in [-0.3, -0.25) is 0 Å². The van der Waals surface area contributed by atoms with Crippen LogP contribution in [0.5, 0.6) is 0 Å². The second-order valence-corrected chi connectivity index (χ2v) is 5.18. The summed E-state index contributed by atoms with van der Waals surface area (Å²) in [7, 11) is 0. The summed E-state index contributed by atoms with van der Waals surface area (Å²) < 4.78 is 1.11. The van der Waals surface area contributed by atoms with Crippen LogP contribution in [0.3, 0.4) is 0 Å². The molecule has 0 unspecified atom stereocenters. The van der Waals surface area contributed by atoms with Crippen molar-refractivity contribution in [3.63, 3.8) is 0 Å². The molecule has 0 saturated heterocycles. The average Bonchev–Trinajstić information content (AvgIpc) is 2.33. The van der Waals surface area contributed by atoms with Gasteiger partial charge in [-0.25, -0.2) is 0 Å². The normalized spacial score (nSPS) is 10.8. The summed E-state index contributed by atoms with van der Waals surface area (Å²) in [5, 5.41) is 2.11. The SMILES string of the molecule is Brc1ccc(S/C=C/c2ccccc2)cc1. The fraction of sp³-hybridized carbons (Fsp3) is 0. The number of hydrogen-bond donors (Lipinski definition) is 0. The van der Waals surface area contributed by atoms with Crippen molar-refractivity contribution in [2.75, 3.05) is 0 Å². The Labute approximate surface area is 109 Å². The standard InChI is InChI=1S/C14H11BrS/c15-13-6-8-14(9-7-13)16-11-10-12-4-2-1-3-5-12/h1-11H/b11-10+. The van der Waals surface area contributed by atoms with Crippen molar-refractivity contribution in [2.45, 2.75) is 4.90 Å². The molecule has 0 amide bonds. The molecule has 0 aromatic heterocycles.